The Bertz CT molecular complexity index is 1010. The number of piperidine rings is 1. The molecule has 3 aromatic rings. The molecule has 28 heavy (non-hydrogen) atoms. The minimum absolute atomic E-state index is 0.104. The SMILES string of the molecule is CCOc1ccc(-c2noc(C3CCCN(S(=O)(=O)c4cccs4)C3)n2)cc1. The number of hydrogen-bond donors (Lipinski definition) is 0. The third-order valence-corrected chi connectivity index (χ3v) is 7.93. The summed E-state index contributed by atoms with van der Waals surface area (Å²) in [6.45, 7) is 3.41. The molecule has 1 aliphatic heterocycles. The fourth-order valence-corrected chi connectivity index (χ4v) is 5.95. The van der Waals surface area contributed by atoms with Crippen molar-refractivity contribution >= 4 is 21.4 Å². The van der Waals surface area contributed by atoms with Crippen LogP contribution in [0.4, 0.5) is 0 Å². The number of rotatable bonds is 6. The maximum Gasteiger partial charge on any atom is 0.252 e. The maximum absolute atomic E-state index is 12.8. The molecule has 0 N–H and O–H groups in total. The molecule has 0 spiro atoms. The summed E-state index contributed by atoms with van der Waals surface area (Å²) < 4.78 is 38.4. The van der Waals surface area contributed by atoms with Gasteiger partial charge >= 0.3 is 0 Å². The molecule has 9 heteroatoms. The van der Waals surface area contributed by atoms with Crippen LogP contribution >= 0.6 is 11.3 Å². The van der Waals surface area contributed by atoms with E-state index in [0.29, 0.717) is 35.6 Å². The zero-order valence-electron chi connectivity index (χ0n) is 15.4. The van der Waals surface area contributed by atoms with Crippen LogP contribution in [0, 0.1) is 0 Å². The Morgan fingerprint density at radius 3 is 2.82 bits per heavy atom. The van der Waals surface area contributed by atoms with Crippen molar-refractivity contribution in [3.8, 4) is 17.1 Å². The van der Waals surface area contributed by atoms with Crippen LogP contribution < -0.4 is 4.74 Å². The molecule has 1 saturated heterocycles. The van der Waals surface area contributed by atoms with Crippen LogP contribution in [0.1, 0.15) is 31.6 Å². The largest absolute Gasteiger partial charge is 0.494 e. The molecule has 1 unspecified atom stereocenters. The molecule has 0 aliphatic carbocycles. The molecule has 1 fully saturated rings. The second-order valence-electron chi connectivity index (χ2n) is 6.55. The lowest BCUT2D eigenvalue weighted by Crippen LogP contribution is -2.38. The van der Waals surface area contributed by atoms with Gasteiger partial charge in [-0.15, -0.1) is 11.3 Å². The number of hydrogen-bond acceptors (Lipinski definition) is 7. The Kier molecular flexibility index (Phi) is 5.47. The summed E-state index contributed by atoms with van der Waals surface area (Å²) in [5.41, 5.74) is 0.831. The lowest BCUT2D eigenvalue weighted by Gasteiger charge is -2.29. The molecule has 1 atom stereocenters. The Morgan fingerprint density at radius 2 is 2.11 bits per heavy atom. The van der Waals surface area contributed by atoms with E-state index in [1.54, 1.807) is 17.5 Å². The van der Waals surface area contributed by atoms with E-state index < -0.39 is 10.0 Å². The van der Waals surface area contributed by atoms with E-state index in [1.807, 2.05) is 31.2 Å². The Hall–Kier alpha value is -2.23. The summed E-state index contributed by atoms with van der Waals surface area (Å²) in [7, 11) is -3.47. The van der Waals surface area contributed by atoms with E-state index in [0.717, 1.165) is 24.2 Å². The first kappa shape index (κ1) is 19.1. The Morgan fingerprint density at radius 1 is 1.29 bits per heavy atom. The van der Waals surface area contributed by atoms with Crippen molar-refractivity contribution < 1.29 is 17.7 Å². The van der Waals surface area contributed by atoms with Crippen molar-refractivity contribution in [3.05, 3.63) is 47.7 Å². The number of ether oxygens (including phenoxy) is 1. The van der Waals surface area contributed by atoms with Gasteiger partial charge in [-0.3, -0.25) is 0 Å². The highest BCUT2D eigenvalue weighted by Gasteiger charge is 2.33. The molecule has 1 aliphatic rings. The summed E-state index contributed by atoms with van der Waals surface area (Å²) in [5, 5.41) is 5.85. The number of thiophene rings is 1. The van der Waals surface area contributed by atoms with Gasteiger partial charge in [-0.05, 0) is 55.5 Å². The molecular formula is C19H21N3O4S2. The standard InChI is InChI=1S/C19H21N3O4S2/c1-2-25-16-9-7-14(8-10-16)18-20-19(26-21-18)15-5-3-11-22(13-15)28(23,24)17-6-4-12-27-17/h4,6-10,12,15H,2-3,5,11,13H2,1H3. The van der Waals surface area contributed by atoms with E-state index in [2.05, 4.69) is 10.1 Å². The predicted octanol–water partition coefficient (Wildman–Crippen LogP) is 3.77. The summed E-state index contributed by atoms with van der Waals surface area (Å²) in [6, 6.07) is 10.9. The van der Waals surface area contributed by atoms with E-state index in [9.17, 15) is 8.42 Å². The second kappa shape index (κ2) is 8.02. The molecule has 0 radical (unpaired) electrons. The molecule has 0 bridgehead atoms. The Balaban J connectivity index is 1.50. The minimum Gasteiger partial charge on any atom is -0.494 e. The molecular weight excluding hydrogens is 398 g/mol. The van der Waals surface area contributed by atoms with E-state index in [1.165, 1.54) is 15.6 Å². The number of sulfonamides is 1. The molecule has 148 valence electrons. The zero-order valence-corrected chi connectivity index (χ0v) is 17.1. The van der Waals surface area contributed by atoms with Crippen LogP contribution in [-0.2, 0) is 10.0 Å². The van der Waals surface area contributed by atoms with E-state index in [-0.39, 0.29) is 5.92 Å². The van der Waals surface area contributed by atoms with Crippen molar-refractivity contribution in [1.82, 2.24) is 14.4 Å². The highest BCUT2D eigenvalue weighted by molar-refractivity contribution is 7.91. The predicted molar refractivity (Wildman–Crippen MR) is 106 cm³/mol. The molecule has 3 heterocycles. The highest BCUT2D eigenvalue weighted by atomic mass is 32.2. The summed E-state index contributed by atoms with van der Waals surface area (Å²) in [6.07, 6.45) is 1.58. The van der Waals surface area contributed by atoms with Crippen LogP contribution in [0.5, 0.6) is 5.75 Å². The topological polar surface area (TPSA) is 85.5 Å². The quantitative estimate of drug-likeness (QED) is 0.605. The number of benzene rings is 1. The van der Waals surface area contributed by atoms with Crippen molar-refractivity contribution in [1.29, 1.82) is 0 Å². The lowest BCUT2D eigenvalue weighted by molar-refractivity contribution is 0.266. The first-order valence-corrected chi connectivity index (χ1v) is 11.5. The molecule has 0 saturated carbocycles. The summed E-state index contributed by atoms with van der Waals surface area (Å²) in [5.74, 6) is 1.66. The van der Waals surface area contributed by atoms with Crippen LogP contribution in [0.2, 0.25) is 0 Å². The average Bonchev–Trinajstić information content (AvgIpc) is 3.42. The normalized spacial score (nSPS) is 18.2. The van der Waals surface area contributed by atoms with E-state index in [4.69, 9.17) is 9.26 Å². The summed E-state index contributed by atoms with van der Waals surface area (Å²) >= 11 is 1.24. The van der Waals surface area contributed by atoms with Crippen LogP contribution in [-0.4, -0.2) is 42.6 Å². The molecule has 4 rings (SSSR count). The number of aromatic nitrogens is 2. The van der Waals surface area contributed by atoms with E-state index >= 15 is 0 Å². The van der Waals surface area contributed by atoms with Crippen molar-refractivity contribution in [3.63, 3.8) is 0 Å². The second-order valence-corrected chi connectivity index (χ2v) is 9.66. The number of nitrogens with zero attached hydrogens (tertiary/aromatic N) is 3. The van der Waals surface area contributed by atoms with Crippen LogP contribution in [0.15, 0.2) is 50.5 Å². The monoisotopic (exact) mass is 419 g/mol. The maximum atomic E-state index is 12.8. The van der Waals surface area contributed by atoms with Gasteiger partial charge in [0.1, 0.15) is 9.96 Å². The zero-order chi connectivity index (χ0) is 19.6. The van der Waals surface area contributed by atoms with Crippen molar-refractivity contribution in [2.75, 3.05) is 19.7 Å². The average molecular weight is 420 g/mol. The lowest BCUT2D eigenvalue weighted by atomic mass is 10.00. The van der Waals surface area contributed by atoms with Gasteiger partial charge in [0.15, 0.2) is 0 Å². The first-order valence-electron chi connectivity index (χ1n) is 9.18. The van der Waals surface area contributed by atoms with Gasteiger partial charge in [0.05, 0.1) is 12.5 Å². The third-order valence-electron chi connectivity index (χ3n) is 4.69. The van der Waals surface area contributed by atoms with Crippen molar-refractivity contribution in [2.45, 2.75) is 29.9 Å². The smallest absolute Gasteiger partial charge is 0.252 e. The molecule has 7 nitrogen and oxygen atoms in total. The van der Waals surface area contributed by atoms with Crippen LogP contribution in [0.25, 0.3) is 11.4 Å². The minimum atomic E-state index is -3.47. The van der Waals surface area contributed by atoms with Crippen LogP contribution in [0.3, 0.4) is 0 Å². The van der Waals surface area contributed by atoms with Gasteiger partial charge in [-0.25, -0.2) is 8.42 Å². The fraction of sp³-hybridized carbons (Fsp3) is 0.368. The van der Waals surface area contributed by atoms with Gasteiger partial charge < -0.3 is 9.26 Å². The summed E-state index contributed by atoms with van der Waals surface area (Å²) in [4.78, 5) is 4.52. The highest BCUT2D eigenvalue weighted by Crippen LogP contribution is 2.31. The van der Waals surface area contributed by atoms with Crippen molar-refractivity contribution in [2.24, 2.45) is 0 Å². The van der Waals surface area contributed by atoms with Gasteiger partial charge in [0.2, 0.25) is 11.7 Å². The van der Waals surface area contributed by atoms with Gasteiger partial charge in [-0.1, -0.05) is 11.2 Å². The van der Waals surface area contributed by atoms with Gasteiger partial charge in [0, 0.05) is 18.7 Å². The van der Waals surface area contributed by atoms with Gasteiger partial charge in [0.25, 0.3) is 10.0 Å². The van der Waals surface area contributed by atoms with Gasteiger partial charge in [-0.2, -0.15) is 9.29 Å². The fourth-order valence-electron chi connectivity index (χ4n) is 3.28. The molecule has 1 aromatic carbocycles. The third kappa shape index (κ3) is 3.82. The Labute approximate surface area is 168 Å². The first-order chi connectivity index (χ1) is 13.6. The molecule has 2 aromatic heterocycles. The molecule has 0 amide bonds.